The molecule has 0 fully saturated rings. The summed E-state index contributed by atoms with van der Waals surface area (Å²) in [7, 11) is 0. The molecule has 16 heavy (non-hydrogen) atoms. The van der Waals surface area contributed by atoms with Crippen molar-refractivity contribution in [3.63, 3.8) is 0 Å². The second kappa shape index (κ2) is 6.35. The van der Waals surface area contributed by atoms with Gasteiger partial charge in [0.1, 0.15) is 12.4 Å². The quantitative estimate of drug-likeness (QED) is 0.750. The molecule has 0 bridgehead atoms. The van der Waals surface area contributed by atoms with Gasteiger partial charge in [-0.15, -0.1) is 0 Å². The molecule has 0 saturated heterocycles. The van der Waals surface area contributed by atoms with E-state index in [0.717, 1.165) is 6.42 Å². The third kappa shape index (κ3) is 4.08. The summed E-state index contributed by atoms with van der Waals surface area (Å²) >= 11 is 0. The Morgan fingerprint density at radius 3 is 2.62 bits per heavy atom. The molecule has 3 nitrogen and oxygen atoms in total. The standard InChI is InChI=1S/C12H16FNO2/c1-2-11(14)7-16-8-12(15)9-3-5-10(13)6-4-9/h3-6,11H,2,7-8,14H2,1H3. The number of carbonyl (C=O) groups excluding carboxylic acids is 1. The Kier molecular flexibility index (Phi) is 5.08. The first kappa shape index (κ1) is 12.8. The Morgan fingerprint density at radius 2 is 2.06 bits per heavy atom. The summed E-state index contributed by atoms with van der Waals surface area (Å²) in [4.78, 5) is 11.5. The van der Waals surface area contributed by atoms with Gasteiger partial charge in [0.15, 0.2) is 5.78 Å². The third-order valence-electron chi connectivity index (χ3n) is 2.26. The fourth-order valence-electron chi connectivity index (χ4n) is 1.14. The second-order valence-electron chi connectivity index (χ2n) is 3.61. The van der Waals surface area contributed by atoms with Gasteiger partial charge in [-0.05, 0) is 30.7 Å². The topological polar surface area (TPSA) is 52.3 Å². The van der Waals surface area contributed by atoms with Gasteiger partial charge in [0.2, 0.25) is 0 Å². The predicted octanol–water partition coefficient (Wildman–Crippen LogP) is 1.76. The van der Waals surface area contributed by atoms with Gasteiger partial charge in [0.25, 0.3) is 0 Å². The van der Waals surface area contributed by atoms with Crippen molar-refractivity contribution < 1.29 is 13.9 Å². The van der Waals surface area contributed by atoms with Crippen LogP contribution in [0.2, 0.25) is 0 Å². The number of halogens is 1. The summed E-state index contributed by atoms with van der Waals surface area (Å²) in [5.41, 5.74) is 6.08. The highest BCUT2D eigenvalue weighted by Crippen LogP contribution is 2.04. The molecule has 4 heteroatoms. The third-order valence-corrected chi connectivity index (χ3v) is 2.26. The number of hydrogen-bond acceptors (Lipinski definition) is 3. The van der Waals surface area contributed by atoms with E-state index in [2.05, 4.69) is 0 Å². The molecule has 0 aliphatic rings. The average molecular weight is 225 g/mol. The van der Waals surface area contributed by atoms with Crippen molar-refractivity contribution in [1.82, 2.24) is 0 Å². The summed E-state index contributed by atoms with van der Waals surface area (Å²) in [5, 5.41) is 0. The minimum absolute atomic E-state index is 0.0146. The number of ether oxygens (including phenoxy) is 1. The zero-order valence-electron chi connectivity index (χ0n) is 9.28. The second-order valence-corrected chi connectivity index (χ2v) is 3.61. The molecule has 0 saturated carbocycles. The predicted molar refractivity (Wildman–Crippen MR) is 59.8 cm³/mol. The fourth-order valence-corrected chi connectivity index (χ4v) is 1.14. The molecule has 0 aliphatic heterocycles. The molecule has 2 N–H and O–H groups in total. The number of Topliss-reactive ketones (excluding diaryl/α,β-unsaturated/α-hetero) is 1. The fraction of sp³-hybridized carbons (Fsp3) is 0.417. The van der Waals surface area contributed by atoms with E-state index in [9.17, 15) is 9.18 Å². The SMILES string of the molecule is CCC(N)COCC(=O)c1ccc(F)cc1. The van der Waals surface area contributed by atoms with Gasteiger partial charge >= 0.3 is 0 Å². The Morgan fingerprint density at radius 1 is 1.44 bits per heavy atom. The molecule has 1 aromatic carbocycles. The maximum atomic E-state index is 12.6. The molecule has 1 aromatic rings. The molecular weight excluding hydrogens is 209 g/mol. The maximum Gasteiger partial charge on any atom is 0.188 e. The molecule has 0 spiro atoms. The van der Waals surface area contributed by atoms with Crippen molar-refractivity contribution in [1.29, 1.82) is 0 Å². The summed E-state index contributed by atoms with van der Waals surface area (Å²) < 4.78 is 17.8. The number of nitrogens with two attached hydrogens (primary N) is 1. The van der Waals surface area contributed by atoms with Crippen LogP contribution in [-0.4, -0.2) is 25.0 Å². The lowest BCUT2D eigenvalue weighted by Crippen LogP contribution is -2.26. The highest BCUT2D eigenvalue weighted by Gasteiger charge is 2.07. The molecule has 0 amide bonds. The summed E-state index contributed by atoms with van der Waals surface area (Å²) in [6.07, 6.45) is 0.810. The van der Waals surface area contributed by atoms with Crippen LogP contribution >= 0.6 is 0 Å². The number of ketones is 1. The first-order valence-corrected chi connectivity index (χ1v) is 5.25. The first-order valence-electron chi connectivity index (χ1n) is 5.25. The van der Waals surface area contributed by atoms with Crippen LogP contribution in [0.3, 0.4) is 0 Å². The van der Waals surface area contributed by atoms with Crippen LogP contribution in [0.5, 0.6) is 0 Å². The van der Waals surface area contributed by atoms with Gasteiger partial charge in [-0.2, -0.15) is 0 Å². The van der Waals surface area contributed by atoms with E-state index in [0.29, 0.717) is 12.2 Å². The van der Waals surface area contributed by atoms with Crippen LogP contribution in [0.4, 0.5) is 4.39 Å². The number of rotatable bonds is 6. The van der Waals surface area contributed by atoms with Gasteiger partial charge in [-0.25, -0.2) is 4.39 Å². The summed E-state index contributed by atoms with van der Waals surface area (Å²) in [6, 6.07) is 5.36. The zero-order chi connectivity index (χ0) is 12.0. The van der Waals surface area contributed by atoms with Gasteiger partial charge in [0.05, 0.1) is 6.61 Å². The van der Waals surface area contributed by atoms with E-state index in [1.54, 1.807) is 0 Å². The molecular formula is C12H16FNO2. The molecule has 0 aromatic heterocycles. The minimum Gasteiger partial charge on any atom is -0.372 e. The van der Waals surface area contributed by atoms with E-state index in [1.807, 2.05) is 6.92 Å². The monoisotopic (exact) mass is 225 g/mol. The first-order chi connectivity index (χ1) is 7.63. The lowest BCUT2D eigenvalue weighted by atomic mass is 10.1. The maximum absolute atomic E-state index is 12.6. The highest BCUT2D eigenvalue weighted by atomic mass is 19.1. The van der Waals surface area contributed by atoms with Crippen LogP contribution in [0.15, 0.2) is 24.3 Å². The molecule has 0 radical (unpaired) electrons. The van der Waals surface area contributed by atoms with Crippen LogP contribution in [0, 0.1) is 5.82 Å². The van der Waals surface area contributed by atoms with E-state index in [1.165, 1.54) is 24.3 Å². The molecule has 1 unspecified atom stereocenters. The minimum atomic E-state index is -0.356. The van der Waals surface area contributed by atoms with Crippen LogP contribution in [0.1, 0.15) is 23.7 Å². The van der Waals surface area contributed by atoms with Gasteiger partial charge < -0.3 is 10.5 Å². The largest absolute Gasteiger partial charge is 0.372 e. The van der Waals surface area contributed by atoms with Crippen molar-refractivity contribution in [3.05, 3.63) is 35.6 Å². The molecule has 88 valence electrons. The number of benzene rings is 1. The molecule has 0 heterocycles. The van der Waals surface area contributed by atoms with Crippen molar-refractivity contribution in [2.75, 3.05) is 13.2 Å². The summed E-state index contributed by atoms with van der Waals surface area (Å²) in [6.45, 7) is 2.30. The number of carbonyl (C=O) groups is 1. The van der Waals surface area contributed by atoms with Crippen LogP contribution in [-0.2, 0) is 4.74 Å². The summed E-state index contributed by atoms with van der Waals surface area (Å²) in [5.74, 6) is -0.520. The highest BCUT2D eigenvalue weighted by molar-refractivity contribution is 5.97. The Hall–Kier alpha value is -1.26. The van der Waals surface area contributed by atoms with E-state index >= 15 is 0 Å². The van der Waals surface area contributed by atoms with Crippen molar-refractivity contribution >= 4 is 5.78 Å². The lowest BCUT2D eigenvalue weighted by Gasteiger charge is -2.08. The Balaban J connectivity index is 2.38. The molecule has 1 rings (SSSR count). The van der Waals surface area contributed by atoms with Crippen molar-refractivity contribution in [2.45, 2.75) is 19.4 Å². The van der Waals surface area contributed by atoms with E-state index in [-0.39, 0.29) is 24.2 Å². The van der Waals surface area contributed by atoms with E-state index < -0.39 is 0 Å². The Labute approximate surface area is 94.4 Å². The normalized spacial score (nSPS) is 12.4. The van der Waals surface area contributed by atoms with Crippen LogP contribution in [0.25, 0.3) is 0 Å². The van der Waals surface area contributed by atoms with Crippen molar-refractivity contribution in [2.24, 2.45) is 5.73 Å². The van der Waals surface area contributed by atoms with Crippen LogP contribution < -0.4 is 5.73 Å². The van der Waals surface area contributed by atoms with Gasteiger partial charge in [-0.3, -0.25) is 4.79 Å². The lowest BCUT2D eigenvalue weighted by molar-refractivity contribution is 0.0731. The molecule has 1 atom stereocenters. The number of hydrogen-bond donors (Lipinski definition) is 1. The Bertz CT molecular complexity index is 337. The van der Waals surface area contributed by atoms with E-state index in [4.69, 9.17) is 10.5 Å². The average Bonchev–Trinajstić information content (AvgIpc) is 2.29. The van der Waals surface area contributed by atoms with Crippen molar-refractivity contribution in [3.8, 4) is 0 Å². The zero-order valence-corrected chi connectivity index (χ0v) is 9.28. The van der Waals surface area contributed by atoms with Gasteiger partial charge in [0, 0.05) is 11.6 Å². The smallest absolute Gasteiger partial charge is 0.188 e. The molecule has 0 aliphatic carbocycles. The van der Waals surface area contributed by atoms with Gasteiger partial charge in [-0.1, -0.05) is 6.92 Å².